The molecule has 6 rings (SSSR count). The first-order valence-corrected chi connectivity index (χ1v) is 11.8. The lowest BCUT2D eigenvalue weighted by molar-refractivity contribution is -0.0791. The third kappa shape index (κ3) is 3.36. The summed E-state index contributed by atoms with van der Waals surface area (Å²) in [7, 11) is 0. The number of pyridine rings is 1. The maximum atomic E-state index is 11.5. The molecule has 34 heavy (non-hydrogen) atoms. The van der Waals surface area contributed by atoms with Gasteiger partial charge in [-0.3, -0.25) is 9.88 Å². The van der Waals surface area contributed by atoms with Gasteiger partial charge in [-0.1, -0.05) is 24.3 Å². The number of rotatable bonds is 5. The van der Waals surface area contributed by atoms with Crippen molar-refractivity contribution in [3.05, 3.63) is 89.4 Å². The summed E-state index contributed by atoms with van der Waals surface area (Å²) in [5, 5.41) is 24.6. The smallest absolute Gasteiger partial charge is 0.178 e. The third-order valence-corrected chi connectivity index (χ3v) is 7.49. The Morgan fingerprint density at radius 1 is 1.03 bits per heavy atom. The minimum absolute atomic E-state index is 0.169. The lowest BCUT2D eigenvalue weighted by Gasteiger charge is -2.46. The molecule has 0 aliphatic carbocycles. The van der Waals surface area contributed by atoms with E-state index >= 15 is 0 Å². The fraction of sp³-hybridized carbons (Fsp3) is 0.385. The number of piperidine rings is 1. The van der Waals surface area contributed by atoms with E-state index in [4.69, 9.17) is 4.42 Å². The maximum Gasteiger partial charge on any atom is 0.178 e. The van der Waals surface area contributed by atoms with Crippen LogP contribution in [0.4, 0.5) is 0 Å². The first-order valence-electron chi connectivity index (χ1n) is 11.8. The maximum absolute atomic E-state index is 11.5. The third-order valence-electron chi connectivity index (χ3n) is 7.49. The van der Waals surface area contributed by atoms with Crippen LogP contribution in [-0.2, 0) is 5.60 Å². The van der Waals surface area contributed by atoms with Crippen LogP contribution in [0, 0.1) is 13.8 Å². The van der Waals surface area contributed by atoms with E-state index in [1.807, 2.05) is 29.1 Å². The summed E-state index contributed by atoms with van der Waals surface area (Å²) in [6, 6.07) is 14.2. The molecule has 2 bridgehead atoms. The van der Waals surface area contributed by atoms with Gasteiger partial charge in [0.25, 0.3) is 0 Å². The van der Waals surface area contributed by atoms with Gasteiger partial charge in [0.05, 0.1) is 18.0 Å². The molecule has 2 aliphatic rings. The van der Waals surface area contributed by atoms with Gasteiger partial charge in [0, 0.05) is 24.5 Å². The summed E-state index contributed by atoms with van der Waals surface area (Å²) in [6.45, 7) is 4.17. The van der Waals surface area contributed by atoms with E-state index < -0.39 is 5.60 Å². The molecule has 0 spiro atoms. The Kier molecular flexibility index (Phi) is 5.08. The molecule has 0 radical (unpaired) electrons. The normalized spacial score (nSPS) is 25.5. The van der Waals surface area contributed by atoms with Crippen LogP contribution in [0.3, 0.4) is 0 Å². The summed E-state index contributed by atoms with van der Waals surface area (Å²) in [6.07, 6.45) is 8.57. The second-order valence-corrected chi connectivity index (χ2v) is 9.63. The van der Waals surface area contributed by atoms with Crippen molar-refractivity contribution in [2.24, 2.45) is 0 Å². The van der Waals surface area contributed by atoms with Crippen molar-refractivity contribution in [2.45, 2.75) is 63.3 Å². The number of aliphatic hydroxyl groups is 1. The molecule has 5 heterocycles. The van der Waals surface area contributed by atoms with Gasteiger partial charge in [0.1, 0.15) is 11.4 Å². The largest absolute Gasteiger partial charge is 0.466 e. The van der Waals surface area contributed by atoms with E-state index in [0.29, 0.717) is 18.6 Å². The van der Waals surface area contributed by atoms with Crippen LogP contribution >= 0.6 is 0 Å². The summed E-state index contributed by atoms with van der Waals surface area (Å²) in [5.74, 6) is 1.42. The van der Waals surface area contributed by atoms with Crippen molar-refractivity contribution in [2.75, 3.05) is 0 Å². The van der Waals surface area contributed by atoms with E-state index in [2.05, 4.69) is 63.5 Å². The van der Waals surface area contributed by atoms with Gasteiger partial charge in [0.2, 0.25) is 0 Å². The van der Waals surface area contributed by atoms with Crippen LogP contribution in [0.1, 0.15) is 60.0 Å². The molecule has 1 aromatic carbocycles. The standard InChI is InChI=1S/C26H28N6O2/c1-17-6-3-7-18(2)23(17)32-25(28-29-30-32)24(19-8-4-12-27-16-19)31-20-10-11-21(31)15-26(33,14-20)22-9-5-13-34-22/h3-9,12-13,16,20-21,24,33H,10-11,14-15H2,1-2H3/t20-,21+,24-,26?/m0/s1. The van der Waals surface area contributed by atoms with Crippen LogP contribution in [0.5, 0.6) is 0 Å². The average Bonchev–Trinajstić information content (AvgIpc) is 3.58. The van der Waals surface area contributed by atoms with Crippen LogP contribution in [0.25, 0.3) is 5.69 Å². The van der Waals surface area contributed by atoms with Crippen LogP contribution in [0.15, 0.2) is 65.5 Å². The minimum atomic E-state index is -0.955. The van der Waals surface area contributed by atoms with Gasteiger partial charge in [-0.25, -0.2) is 0 Å². The zero-order valence-electron chi connectivity index (χ0n) is 19.4. The monoisotopic (exact) mass is 456 g/mol. The first-order chi connectivity index (χ1) is 16.5. The molecule has 0 amide bonds. The fourth-order valence-electron chi connectivity index (χ4n) is 6.08. The number of tetrazole rings is 1. The molecule has 8 heteroatoms. The van der Waals surface area contributed by atoms with Gasteiger partial charge in [0.15, 0.2) is 5.82 Å². The van der Waals surface area contributed by atoms with Gasteiger partial charge < -0.3 is 9.52 Å². The molecule has 2 fully saturated rings. The first kappa shape index (κ1) is 21.2. The Hall–Kier alpha value is -3.36. The van der Waals surface area contributed by atoms with Crippen molar-refractivity contribution in [3.8, 4) is 5.69 Å². The number of hydrogen-bond donors (Lipinski definition) is 1. The molecule has 2 aliphatic heterocycles. The van der Waals surface area contributed by atoms with Gasteiger partial charge in [-0.15, -0.1) is 5.10 Å². The quantitative estimate of drug-likeness (QED) is 0.487. The molecular formula is C26H28N6O2. The Balaban J connectivity index is 1.45. The molecule has 1 N–H and O–H groups in total. The number of para-hydroxylation sites is 1. The van der Waals surface area contributed by atoms with E-state index in [1.54, 1.807) is 12.5 Å². The summed E-state index contributed by atoms with van der Waals surface area (Å²) >= 11 is 0. The number of aryl methyl sites for hydroxylation is 2. The molecule has 4 atom stereocenters. The SMILES string of the molecule is Cc1cccc(C)c1-n1nnnc1[C@H](c1cccnc1)N1[C@@H]2CC[C@H]1CC(O)(c1ccco1)C2. The zero-order valence-corrected chi connectivity index (χ0v) is 19.4. The Morgan fingerprint density at radius 3 is 2.44 bits per heavy atom. The van der Waals surface area contributed by atoms with E-state index in [-0.39, 0.29) is 18.1 Å². The number of aromatic nitrogens is 5. The zero-order chi connectivity index (χ0) is 23.3. The number of fused-ring (bicyclic) bond motifs is 2. The van der Waals surface area contributed by atoms with Gasteiger partial charge >= 0.3 is 0 Å². The number of nitrogens with zero attached hydrogens (tertiary/aromatic N) is 6. The second-order valence-electron chi connectivity index (χ2n) is 9.63. The molecular weight excluding hydrogens is 428 g/mol. The summed E-state index contributed by atoms with van der Waals surface area (Å²) < 4.78 is 7.53. The van der Waals surface area contributed by atoms with Crippen LogP contribution in [-0.4, -0.2) is 47.3 Å². The van der Waals surface area contributed by atoms with E-state index in [9.17, 15) is 5.11 Å². The lowest BCUT2D eigenvalue weighted by atomic mass is 9.82. The molecule has 2 saturated heterocycles. The highest BCUT2D eigenvalue weighted by atomic mass is 16.4. The fourth-order valence-corrected chi connectivity index (χ4v) is 6.08. The van der Waals surface area contributed by atoms with E-state index in [1.165, 1.54) is 0 Å². The number of furan rings is 1. The predicted molar refractivity (Wildman–Crippen MR) is 125 cm³/mol. The molecule has 4 aromatic rings. The van der Waals surface area contributed by atoms with Gasteiger partial charge in [-0.05, 0) is 84.8 Å². The highest BCUT2D eigenvalue weighted by Crippen LogP contribution is 2.50. The van der Waals surface area contributed by atoms with Crippen molar-refractivity contribution < 1.29 is 9.52 Å². The molecule has 8 nitrogen and oxygen atoms in total. The minimum Gasteiger partial charge on any atom is -0.466 e. The highest BCUT2D eigenvalue weighted by molar-refractivity contribution is 5.47. The summed E-state index contributed by atoms with van der Waals surface area (Å²) in [5.41, 5.74) is 3.33. The Morgan fingerprint density at radius 2 is 1.79 bits per heavy atom. The van der Waals surface area contributed by atoms with Crippen molar-refractivity contribution in [3.63, 3.8) is 0 Å². The lowest BCUT2D eigenvalue weighted by Crippen LogP contribution is -2.51. The molecule has 174 valence electrons. The second kappa shape index (κ2) is 8.14. The van der Waals surface area contributed by atoms with E-state index in [0.717, 1.165) is 41.0 Å². The van der Waals surface area contributed by atoms with Gasteiger partial charge in [-0.2, -0.15) is 4.68 Å². The number of hydrogen-bond acceptors (Lipinski definition) is 7. The van der Waals surface area contributed by atoms with Crippen molar-refractivity contribution in [1.82, 2.24) is 30.1 Å². The molecule has 3 aromatic heterocycles. The predicted octanol–water partition coefficient (Wildman–Crippen LogP) is 3.87. The summed E-state index contributed by atoms with van der Waals surface area (Å²) in [4.78, 5) is 6.92. The van der Waals surface area contributed by atoms with Crippen LogP contribution in [0.2, 0.25) is 0 Å². The van der Waals surface area contributed by atoms with Crippen molar-refractivity contribution in [1.29, 1.82) is 0 Å². The Bertz CT molecular complexity index is 1250. The molecule has 1 unspecified atom stereocenters. The molecule has 0 saturated carbocycles. The van der Waals surface area contributed by atoms with Crippen molar-refractivity contribution >= 4 is 0 Å². The van der Waals surface area contributed by atoms with Crippen LogP contribution < -0.4 is 0 Å². The Labute approximate surface area is 198 Å². The number of benzene rings is 1. The topological polar surface area (TPSA) is 93.1 Å². The average molecular weight is 457 g/mol. The highest BCUT2D eigenvalue weighted by Gasteiger charge is 2.52.